The molecule has 2 aromatic rings. The lowest BCUT2D eigenvalue weighted by Crippen LogP contribution is -2.19. The highest BCUT2D eigenvalue weighted by Crippen LogP contribution is 2.22. The van der Waals surface area contributed by atoms with Gasteiger partial charge in [0.25, 0.3) is 0 Å². The molecule has 0 radical (unpaired) electrons. The fourth-order valence-corrected chi connectivity index (χ4v) is 2.83. The van der Waals surface area contributed by atoms with E-state index in [0.717, 1.165) is 31.7 Å². The van der Waals surface area contributed by atoms with Gasteiger partial charge in [0.1, 0.15) is 11.5 Å². The third-order valence-electron chi connectivity index (χ3n) is 4.66. The maximum atomic E-state index is 9.34. The molecule has 0 aliphatic carbocycles. The summed E-state index contributed by atoms with van der Waals surface area (Å²) in [5.74, 6) is 2.28. The molecular weight excluding hydrogens is 298 g/mol. The number of nitrogens with one attached hydrogen (secondary N) is 1. The largest absolute Gasteiger partial charge is 0.508 e. The van der Waals surface area contributed by atoms with Gasteiger partial charge >= 0.3 is 0 Å². The fraction of sp³-hybridized carbons (Fsp3) is 0.429. The number of phenols is 1. The van der Waals surface area contributed by atoms with Gasteiger partial charge in [-0.1, -0.05) is 38.1 Å². The maximum Gasteiger partial charge on any atom is 0.118 e. The highest BCUT2D eigenvalue weighted by Gasteiger charge is 2.07. The first-order valence-corrected chi connectivity index (χ1v) is 8.73. The average molecular weight is 327 g/mol. The summed E-state index contributed by atoms with van der Waals surface area (Å²) in [6.07, 6.45) is 2.22. The van der Waals surface area contributed by atoms with Gasteiger partial charge in [-0.05, 0) is 73.2 Å². The third kappa shape index (κ3) is 5.57. The Balaban J connectivity index is 1.65. The van der Waals surface area contributed by atoms with Crippen molar-refractivity contribution in [1.29, 1.82) is 0 Å². The molecule has 2 unspecified atom stereocenters. The Morgan fingerprint density at radius 2 is 1.29 bits per heavy atom. The molecular formula is C21H29NO2. The molecule has 0 bridgehead atoms. The zero-order chi connectivity index (χ0) is 17.4. The second kappa shape index (κ2) is 9.33. The molecule has 0 saturated carbocycles. The molecule has 2 atom stereocenters. The van der Waals surface area contributed by atoms with Crippen LogP contribution in [0.1, 0.15) is 49.7 Å². The Bertz CT molecular complexity index is 592. The van der Waals surface area contributed by atoms with Gasteiger partial charge in [0.05, 0.1) is 7.11 Å². The van der Waals surface area contributed by atoms with Gasteiger partial charge in [-0.15, -0.1) is 0 Å². The number of rotatable bonds is 9. The number of aromatic hydroxyl groups is 1. The monoisotopic (exact) mass is 327 g/mol. The van der Waals surface area contributed by atoms with Gasteiger partial charge in [0, 0.05) is 0 Å². The molecule has 130 valence electrons. The highest BCUT2D eigenvalue weighted by molar-refractivity contribution is 5.29. The molecule has 3 nitrogen and oxygen atoms in total. The van der Waals surface area contributed by atoms with E-state index in [0.29, 0.717) is 17.6 Å². The fourth-order valence-electron chi connectivity index (χ4n) is 2.83. The summed E-state index contributed by atoms with van der Waals surface area (Å²) >= 11 is 0. The standard InChI is InChI=1S/C21H29NO2/c1-16(18-4-8-20(23)9-5-18)12-14-22-15-13-17(2)19-6-10-21(24-3)11-7-19/h4-11,16-17,22-23H,12-15H2,1-3H3. The number of hydrogen-bond donors (Lipinski definition) is 2. The Hall–Kier alpha value is -2.00. The van der Waals surface area contributed by atoms with Crippen molar-refractivity contribution in [3.63, 3.8) is 0 Å². The first kappa shape index (κ1) is 18.3. The summed E-state index contributed by atoms with van der Waals surface area (Å²) in [6, 6.07) is 15.9. The summed E-state index contributed by atoms with van der Waals surface area (Å²) in [4.78, 5) is 0. The normalized spacial score (nSPS) is 13.5. The smallest absolute Gasteiger partial charge is 0.118 e. The number of benzene rings is 2. The summed E-state index contributed by atoms with van der Waals surface area (Å²) in [6.45, 7) is 6.53. The maximum absolute atomic E-state index is 9.34. The Labute approximate surface area is 145 Å². The Morgan fingerprint density at radius 3 is 1.75 bits per heavy atom. The molecule has 2 rings (SSSR count). The molecule has 0 spiro atoms. The van der Waals surface area contributed by atoms with Gasteiger partial charge in [-0.3, -0.25) is 0 Å². The third-order valence-corrected chi connectivity index (χ3v) is 4.66. The lowest BCUT2D eigenvalue weighted by atomic mass is 9.97. The van der Waals surface area contributed by atoms with Gasteiger partial charge < -0.3 is 15.2 Å². The molecule has 2 aromatic carbocycles. The van der Waals surface area contributed by atoms with E-state index >= 15 is 0 Å². The van der Waals surface area contributed by atoms with Crippen molar-refractivity contribution in [2.45, 2.75) is 38.5 Å². The van der Waals surface area contributed by atoms with E-state index < -0.39 is 0 Å². The summed E-state index contributed by atoms with van der Waals surface area (Å²) in [5.41, 5.74) is 2.64. The zero-order valence-electron chi connectivity index (χ0n) is 15.0. The van der Waals surface area contributed by atoms with Crippen LogP contribution in [0.3, 0.4) is 0 Å². The lowest BCUT2D eigenvalue weighted by Gasteiger charge is -2.15. The van der Waals surface area contributed by atoms with Crippen LogP contribution in [-0.2, 0) is 0 Å². The summed E-state index contributed by atoms with van der Waals surface area (Å²) < 4.78 is 5.20. The van der Waals surface area contributed by atoms with E-state index in [4.69, 9.17) is 4.74 Å². The van der Waals surface area contributed by atoms with E-state index in [9.17, 15) is 5.11 Å². The Morgan fingerprint density at radius 1 is 0.833 bits per heavy atom. The van der Waals surface area contributed by atoms with Crippen LogP contribution < -0.4 is 10.1 Å². The van der Waals surface area contributed by atoms with E-state index in [1.807, 2.05) is 24.3 Å². The van der Waals surface area contributed by atoms with Crippen LogP contribution in [0.2, 0.25) is 0 Å². The average Bonchev–Trinajstić information content (AvgIpc) is 2.61. The second-order valence-electron chi connectivity index (χ2n) is 6.49. The lowest BCUT2D eigenvalue weighted by molar-refractivity contribution is 0.414. The highest BCUT2D eigenvalue weighted by atomic mass is 16.5. The van der Waals surface area contributed by atoms with Crippen LogP contribution in [0.25, 0.3) is 0 Å². The van der Waals surface area contributed by atoms with E-state index in [1.54, 1.807) is 19.2 Å². The molecule has 0 aliphatic heterocycles. The van der Waals surface area contributed by atoms with E-state index in [1.165, 1.54) is 11.1 Å². The first-order chi connectivity index (χ1) is 11.6. The van der Waals surface area contributed by atoms with E-state index in [-0.39, 0.29) is 0 Å². The van der Waals surface area contributed by atoms with Crippen molar-refractivity contribution < 1.29 is 9.84 Å². The number of hydrogen-bond acceptors (Lipinski definition) is 3. The van der Waals surface area contributed by atoms with Crippen LogP contribution in [-0.4, -0.2) is 25.3 Å². The van der Waals surface area contributed by atoms with Crippen LogP contribution in [0, 0.1) is 0 Å². The van der Waals surface area contributed by atoms with Crippen LogP contribution in [0.4, 0.5) is 0 Å². The van der Waals surface area contributed by atoms with Gasteiger partial charge in [-0.2, -0.15) is 0 Å². The number of phenolic OH excluding ortho intramolecular Hbond substituents is 1. The predicted molar refractivity (Wildman–Crippen MR) is 100 cm³/mol. The molecule has 0 saturated heterocycles. The van der Waals surface area contributed by atoms with Crippen molar-refractivity contribution in [1.82, 2.24) is 5.32 Å². The summed E-state index contributed by atoms with van der Waals surface area (Å²) in [7, 11) is 1.70. The summed E-state index contributed by atoms with van der Waals surface area (Å²) in [5, 5.41) is 12.9. The van der Waals surface area contributed by atoms with Crippen molar-refractivity contribution in [3.05, 3.63) is 59.7 Å². The number of ether oxygens (including phenoxy) is 1. The quantitative estimate of drug-likeness (QED) is 0.657. The van der Waals surface area contributed by atoms with Gasteiger partial charge in [-0.25, -0.2) is 0 Å². The van der Waals surface area contributed by atoms with Crippen LogP contribution >= 0.6 is 0 Å². The van der Waals surface area contributed by atoms with Crippen LogP contribution in [0.5, 0.6) is 11.5 Å². The molecule has 3 heteroatoms. The number of methoxy groups -OCH3 is 1. The minimum Gasteiger partial charge on any atom is -0.508 e. The topological polar surface area (TPSA) is 41.5 Å². The van der Waals surface area contributed by atoms with Crippen molar-refractivity contribution in [2.75, 3.05) is 20.2 Å². The van der Waals surface area contributed by atoms with Crippen molar-refractivity contribution >= 4 is 0 Å². The first-order valence-electron chi connectivity index (χ1n) is 8.73. The van der Waals surface area contributed by atoms with Crippen LogP contribution in [0.15, 0.2) is 48.5 Å². The van der Waals surface area contributed by atoms with Crippen molar-refractivity contribution in [3.8, 4) is 11.5 Å². The Kier molecular flexibility index (Phi) is 7.13. The molecule has 24 heavy (non-hydrogen) atoms. The van der Waals surface area contributed by atoms with Gasteiger partial charge in [0.2, 0.25) is 0 Å². The van der Waals surface area contributed by atoms with Crippen molar-refractivity contribution in [2.24, 2.45) is 0 Å². The minimum absolute atomic E-state index is 0.330. The predicted octanol–water partition coefficient (Wildman–Crippen LogP) is 4.68. The molecule has 2 N–H and O–H groups in total. The molecule has 0 aliphatic rings. The SMILES string of the molecule is COc1ccc(C(C)CCNCCC(C)c2ccc(O)cc2)cc1. The minimum atomic E-state index is 0.330. The second-order valence-corrected chi connectivity index (χ2v) is 6.49. The van der Waals surface area contributed by atoms with Gasteiger partial charge in [0.15, 0.2) is 0 Å². The molecule has 0 fully saturated rings. The van der Waals surface area contributed by atoms with E-state index in [2.05, 4.69) is 31.3 Å². The zero-order valence-corrected chi connectivity index (χ0v) is 15.0. The molecule has 0 heterocycles. The molecule has 0 amide bonds. The molecule has 0 aromatic heterocycles.